The molecular formula is C24H38N2. The van der Waals surface area contributed by atoms with Crippen molar-refractivity contribution in [2.45, 2.75) is 104 Å². The van der Waals surface area contributed by atoms with Gasteiger partial charge in [-0.25, -0.2) is 4.98 Å². The van der Waals surface area contributed by atoms with Crippen LogP contribution in [0.5, 0.6) is 0 Å². The molecule has 144 valence electrons. The van der Waals surface area contributed by atoms with Crippen LogP contribution < -0.4 is 0 Å². The van der Waals surface area contributed by atoms with Crippen molar-refractivity contribution >= 4 is 11.0 Å². The lowest BCUT2D eigenvalue weighted by Gasteiger charge is -2.06. The molecule has 0 N–H and O–H groups in total. The minimum absolute atomic E-state index is 1.02. The first-order chi connectivity index (χ1) is 12.7. The molecule has 0 spiro atoms. The molecule has 1 aromatic heterocycles. The van der Waals surface area contributed by atoms with E-state index in [4.69, 9.17) is 4.98 Å². The smallest absolute Gasteiger partial charge is 0.0892 e. The van der Waals surface area contributed by atoms with Gasteiger partial charge in [0.15, 0.2) is 0 Å². The van der Waals surface area contributed by atoms with Gasteiger partial charge in [-0.15, -0.1) is 0 Å². The van der Waals surface area contributed by atoms with Crippen LogP contribution in [0, 0.1) is 13.8 Å². The molecule has 2 rings (SSSR count). The Morgan fingerprint density at radius 1 is 0.654 bits per heavy atom. The van der Waals surface area contributed by atoms with E-state index >= 15 is 0 Å². The topological polar surface area (TPSA) is 25.8 Å². The summed E-state index contributed by atoms with van der Waals surface area (Å²) in [6.45, 7) is 6.57. The molecule has 0 unspecified atom stereocenters. The lowest BCUT2D eigenvalue weighted by molar-refractivity contribution is 0.543. The lowest BCUT2D eigenvalue weighted by Crippen LogP contribution is -1.95. The maximum Gasteiger partial charge on any atom is 0.0892 e. The minimum atomic E-state index is 1.02. The minimum Gasteiger partial charge on any atom is -0.253 e. The highest BCUT2D eigenvalue weighted by molar-refractivity contribution is 5.76. The fraction of sp³-hybridized carbons (Fsp3) is 0.667. The third kappa shape index (κ3) is 7.43. The van der Waals surface area contributed by atoms with Crippen molar-refractivity contribution in [1.29, 1.82) is 0 Å². The molecule has 1 aromatic carbocycles. The summed E-state index contributed by atoms with van der Waals surface area (Å²) in [6, 6.07) is 4.31. The Morgan fingerprint density at radius 3 is 1.73 bits per heavy atom. The SMILES string of the molecule is CCCCCCCCCCCCCCc1cnc2cc(C)c(C)cc2n1. The quantitative estimate of drug-likeness (QED) is 0.348. The van der Waals surface area contributed by atoms with E-state index in [1.54, 1.807) is 0 Å². The third-order valence-corrected chi connectivity index (χ3v) is 5.49. The standard InChI is InChI=1S/C24H38N2/c1-4-5-6-7-8-9-10-11-12-13-14-15-16-22-19-25-23-17-20(2)21(3)18-24(23)26-22/h17-19H,4-16H2,1-3H3. The zero-order valence-electron chi connectivity index (χ0n) is 17.3. The molecule has 0 aliphatic carbocycles. The number of nitrogens with zero attached hydrogens (tertiary/aromatic N) is 2. The average molecular weight is 355 g/mol. The summed E-state index contributed by atoms with van der Waals surface area (Å²) >= 11 is 0. The molecule has 26 heavy (non-hydrogen) atoms. The summed E-state index contributed by atoms with van der Waals surface area (Å²) in [7, 11) is 0. The molecule has 0 amide bonds. The number of unbranched alkanes of at least 4 members (excludes halogenated alkanes) is 11. The number of hydrogen-bond acceptors (Lipinski definition) is 2. The van der Waals surface area contributed by atoms with Crippen LogP contribution in [0.4, 0.5) is 0 Å². The zero-order chi connectivity index (χ0) is 18.6. The van der Waals surface area contributed by atoms with Gasteiger partial charge in [-0.05, 0) is 49.9 Å². The molecule has 0 bridgehead atoms. The van der Waals surface area contributed by atoms with Gasteiger partial charge < -0.3 is 0 Å². The van der Waals surface area contributed by atoms with Gasteiger partial charge in [-0.2, -0.15) is 0 Å². The molecule has 0 atom stereocenters. The summed E-state index contributed by atoms with van der Waals surface area (Å²) in [4.78, 5) is 9.40. The van der Waals surface area contributed by atoms with E-state index in [2.05, 4.69) is 37.9 Å². The first kappa shape index (κ1) is 20.9. The van der Waals surface area contributed by atoms with E-state index in [0.29, 0.717) is 0 Å². The van der Waals surface area contributed by atoms with E-state index in [9.17, 15) is 0 Å². The van der Waals surface area contributed by atoms with Crippen molar-refractivity contribution in [2.24, 2.45) is 0 Å². The van der Waals surface area contributed by atoms with E-state index in [1.807, 2.05) is 6.20 Å². The fourth-order valence-electron chi connectivity index (χ4n) is 3.57. The van der Waals surface area contributed by atoms with Gasteiger partial charge in [0, 0.05) is 6.20 Å². The molecular weight excluding hydrogens is 316 g/mol. The molecule has 2 aromatic rings. The van der Waals surface area contributed by atoms with Gasteiger partial charge in [0.05, 0.1) is 16.7 Å². The second-order valence-corrected chi connectivity index (χ2v) is 7.93. The Bertz CT molecular complexity index is 648. The second-order valence-electron chi connectivity index (χ2n) is 7.93. The summed E-state index contributed by atoms with van der Waals surface area (Å²) in [6.07, 6.45) is 19.7. The summed E-state index contributed by atoms with van der Waals surface area (Å²) in [5.41, 5.74) is 5.80. The van der Waals surface area contributed by atoms with Crippen LogP contribution in [0.3, 0.4) is 0 Å². The molecule has 1 heterocycles. The highest BCUT2D eigenvalue weighted by Crippen LogP contribution is 2.17. The van der Waals surface area contributed by atoms with E-state index in [0.717, 1.165) is 23.1 Å². The number of benzene rings is 1. The molecule has 0 aliphatic heterocycles. The largest absolute Gasteiger partial charge is 0.253 e. The van der Waals surface area contributed by atoms with Crippen molar-refractivity contribution in [3.05, 3.63) is 35.2 Å². The first-order valence-electron chi connectivity index (χ1n) is 10.9. The third-order valence-electron chi connectivity index (χ3n) is 5.49. The van der Waals surface area contributed by atoms with E-state index in [-0.39, 0.29) is 0 Å². The monoisotopic (exact) mass is 354 g/mol. The van der Waals surface area contributed by atoms with Crippen molar-refractivity contribution < 1.29 is 0 Å². The predicted molar refractivity (Wildman–Crippen MR) is 114 cm³/mol. The fourth-order valence-corrected chi connectivity index (χ4v) is 3.57. The molecule has 2 heteroatoms. The van der Waals surface area contributed by atoms with Crippen LogP contribution in [-0.2, 0) is 6.42 Å². The van der Waals surface area contributed by atoms with Crippen LogP contribution in [-0.4, -0.2) is 9.97 Å². The molecule has 0 fully saturated rings. The molecule has 0 aliphatic rings. The van der Waals surface area contributed by atoms with Gasteiger partial charge in [0.1, 0.15) is 0 Å². The summed E-state index contributed by atoms with van der Waals surface area (Å²) in [5.74, 6) is 0. The molecule has 2 nitrogen and oxygen atoms in total. The number of fused-ring (bicyclic) bond motifs is 1. The van der Waals surface area contributed by atoms with Gasteiger partial charge >= 0.3 is 0 Å². The normalized spacial score (nSPS) is 11.3. The van der Waals surface area contributed by atoms with Crippen molar-refractivity contribution in [1.82, 2.24) is 9.97 Å². The highest BCUT2D eigenvalue weighted by Gasteiger charge is 2.03. The highest BCUT2D eigenvalue weighted by atomic mass is 14.8. The second kappa shape index (κ2) is 12.0. The Labute approximate surface area is 160 Å². The van der Waals surface area contributed by atoms with Crippen molar-refractivity contribution in [2.75, 3.05) is 0 Å². The van der Waals surface area contributed by atoms with Gasteiger partial charge in [-0.1, -0.05) is 77.6 Å². The number of rotatable bonds is 13. The van der Waals surface area contributed by atoms with E-state index in [1.165, 1.54) is 88.2 Å². The lowest BCUT2D eigenvalue weighted by atomic mass is 10.0. The molecule has 0 radical (unpaired) electrons. The Hall–Kier alpha value is -1.44. The summed E-state index contributed by atoms with van der Waals surface area (Å²) in [5, 5.41) is 0. The zero-order valence-corrected chi connectivity index (χ0v) is 17.3. The molecule has 0 saturated heterocycles. The van der Waals surface area contributed by atoms with Gasteiger partial charge in [0.25, 0.3) is 0 Å². The Kier molecular flexibility index (Phi) is 9.66. The van der Waals surface area contributed by atoms with Crippen LogP contribution in [0.1, 0.15) is 101 Å². The maximum atomic E-state index is 4.80. The van der Waals surface area contributed by atoms with Crippen molar-refractivity contribution in [3.63, 3.8) is 0 Å². The number of hydrogen-bond donors (Lipinski definition) is 0. The maximum absolute atomic E-state index is 4.80. The van der Waals surface area contributed by atoms with Crippen LogP contribution in [0.2, 0.25) is 0 Å². The van der Waals surface area contributed by atoms with Gasteiger partial charge in [0.2, 0.25) is 0 Å². The van der Waals surface area contributed by atoms with Crippen LogP contribution in [0.25, 0.3) is 11.0 Å². The first-order valence-corrected chi connectivity index (χ1v) is 10.9. The number of aryl methyl sites for hydroxylation is 3. The van der Waals surface area contributed by atoms with E-state index < -0.39 is 0 Å². The molecule has 0 saturated carbocycles. The van der Waals surface area contributed by atoms with Crippen LogP contribution >= 0.6 is 0 Å². The number of aromatic nitrogens is 2. The average Bonchev–Trinajstić information content (AvgIpc) is 2.63. The van der Waals surface area contributed by atoms with Crippen molar-refractivity contribution in [3.8, 4) is 0 Å². The Morgan fingerprint density at radius 2 is 1.15 bits per heavy atom. The van der Waals surface area contributed by atoms with Crippen LogP contribution in [0.15, 0.2) is 18.3 Å². The summed E-state index contributed by atoms with van der Waals surface area (Å²) < 4.78 is 0. The Balaban J connectivity index is 1.55. The van der Waals surface area contributed by atoms with Gasteiger partial charge in [-0.3, -0.25) is 4.98 Å². The predicted octanol–water partition coefficient (Wildman–Crippen LogP) is 7.49.